The summed E-state index contributed by atoms with van der Waals surface area (Å²) >= 11 is 0. The fraction of sp³-hybridized carbons (Fsp3) is 0.773. The molecule has 53 heavy (non-hydrogen) atoms. The summed E-state index contributed by atoms with van der Waals surface area (Å²) < 4.78 is 26.4. The first-order chi connectivity index (χ1) is 25.8. The Morgan fingerprint density at radius 2 is 0.906 bits per heavy atom. The lowest BCUT2D eigenvalue weighted by Crippen LogP contribution is -2.29. The number of phosphoric acid groups is 1. The van der Waals surface area contributed by atoms with E-state index in [-0.39, 0.29) is 19.4 Å². The minimum absolute atomic E-state index is 0.203. The summed E-state index contributed by atoms with van der Waals surface area (Å²) in [6, 6.07) is 0. The fourth-order valence-corrected chi connectivity index (χ4v) is 6.31. The van der Waals surface area contributed by atoms with Crippen molar-refractivity contribution in [1.82, 2.24) is 0 Å². The number of allylic oxidation sites excluding steroid dienone is 8. The molecule has 1 atom stereocenters. The highest BCUT2D eigenvalue weighted by molar-refractivity contribution is 7.46. The number of unbranched alkanes of at least 4 members (excludes halogenated alkanes) is 21. The van der Waals surface area contributed by atoms with Gasteiger partial charge in [-0.3, -0.25) is 14.1 Å². The SMILES string of the molecule is CC/C=C\C/C=C\C/C=C\C/C=C\CCCCCCCCCCC(=O)OC(COC(=O)CCCCCCCCCCCCCCCC)COP(=O)(O)O. The second kappa shape index (κ2) is 39.7. The Morgan fingerprint density at radius 1 is 0.509 bits per heavy atom. The van der Waals surface area contributed by atoms with Crippen LogP contribution >= 0.6 is 7.82 Å². The number of phosphoric ester groups is 1. The molecule has 0 heterocycles. The number of hydrogen-bond acceptors (Lipinski definition) is 6. The molecule has 8 nitrogen and oxygen atoms in total. The molecule has 308 valence electrons. The van der Waals surface area contributed by atoms with E-state index in [0.29, 0.717) is 6.42 Å². The van der Waals surface area contributed by atoms with E-state index in [1.165, 1.54) is 96.3 Å². The molecule has 0 aromatic heterocycles. The van der Waals surface area contributed by atoms with Gasteiger partial charge in [0.25, 0.3) is 0 Å². The Morgan fingerprint density at radius 3 is 1.36 bits per heavy atom. The lowest BCUT2D eigenvalue weighted by molar-refractivity contribution is -0.161. The first-order valence-corrected chi connectivity index (χ1v) is 23.0. The predicted octanol–water partition coefficient (Wildman–Crippen LogP) is 13.1. The molecule has 0 amide bonds. The van der Waals surface area contributed by atoms with Crippen molar-refractivity contribution in [2.24, 2.45) is 0 Å². The van der Waals surface area contributed by atoms with Crippen LogP contribution in [0.1, 0.15) is 200 Å². The van der Waals surface area contributed by atoms with Crippen molar-refractivity contribution in [3.8, 4) is 0 Å². The highest BCUT2D eigenvalue weighted by Crippen LogP contribution is 2.36. The second-order valence-electron chi connectivity index (χ2n) is 14.3. The maximum Gasteiger partial charge on any atom is 0.469 e. The van der Waals surface area contributed by atoms with Crippen LogP contribution in [0.4, 0.5) is 0 Å². The average Bonchev–Trinajstić information content (AvgIpc) is 3.13. The van der Waals surface area contributed by atoms with Gasteiger partial charge in [0.2, 0.25) is 0 Å². The summed E-state index contributed by atoms with van der Waals surface area (Å²) in [5.74, 6) is -0.890. The summed E-state index contributed by atoms with van der Waals surface area (Å²) in [6.45, 7) is 3.58. The number of esters is 2. The van der Waals surface area contributed by atoms with Gasteiger partial charge < -0.3 is 19.3 Å². The molecular weight excluding hydrogens is 687 g/mol. The van der Waals surface area contributed by atoms with Gasteiger partial charge in [-0.2, -0.15) is 0 Å². The van der Waals surface area contributed by atoms with Crippen molar-refractivity contribution in [2.45, 2.75) is 206 Å². The smallest absolute Gasteiger partial charge is 0.462 e. The predicted molar refractivity (Wildman–Crippen MR) is 221 cm³/mol. The van der Waals surface area contributed by atoms with Gasteiger partial charge in [0.1, 0.15) is 6.61 Å². The van der Waals surface area contributed by atoms with E-state index in [0.717, 1.165) is 70.6 Å². The van der Waals surface area contributed by atoms with Gasteiger partial charge in [-0.25, -0.2) is 4.57 Å². The molecule has 0 aliphatic rings. The van der Waals surface area contributed by atoms with Gasteiger partial charge in [0.05, 0.1) is 6.61 Å². The van der Waals surface area contributed by atoms with E-state index < -0.39 is 32.5 Å². The van der Waals surface area contributed by atoms with Crippen LogP contribution in [0.25, 0.3) is 0 Å². The molecule has 2 N–H and O–H groups in total. The lowest BCUT2D eigenvalue weighted by Gasteiger charge is -2.18. The number of ether oxygens (including phenoxy) is 2. The molecule has 0 radical (unpaired) electrons. The van der Waals surface area contributed by atoms with Gasteiger partial charge in [0.15, 0.2) is 6.10 Å². The summed E-state index contributed by atoms with van der Waals surface area (Å²) in [5.41, 5.74) is 0. The van der Waals surface area contributed by atoms with Crippen LogP contribution < -0.4 is 0 Å². The summed E-state index contributed by atoms with van der Waals surface area (Å²) in [5, 5.41) is 0. The number of hydrogen-bond donors (Lipinski definition) is 2. The van der Waals surface area contributed by atoms with Crippen LogP contribution in [0.15, 0.2) is 48.6 Å². The average molecular weight is 767 g/mol. The lowest BCUT2D eigenvalue weighted by atomic mass is 10.0. The molecule has 0 aliphatic carbocycles. The van der Waals surface area contributed by atoms with Gasteiger partial charge >= 0.3 is 19.8 Å². The minimum Gasteiger partial charge on any atom is -0.462 e. The van der Waals surface area contributed by atoms with Gasteiger partial charge in [-0.15, -0.1) is 0 Å². The molecule has 0 rings (SSSR count). The van der Waals surface area contributed by atoms with Crippen LogP contribution in [0.3, 0.4) is 0 Å². The Balaban J connectivity index is 3.91. The van der Waals surface area contributed by atoms with Crippen molar-refractivity contribution < 1.29 is 37.9 Å². The van der Waals surface area contributed by atoms with E-state index in [2.05, 4.69) is 67.0 Å². The highest BCUT2D eigenvalue weighted by Gasteiger charge is 2.22. The van der Waals surface area contributed by atoms with E-state index >= 15 is 0 Å². The molecule has 0 aromatic rings. The van der Waals surface area contributed by atoms with Crippen LogP contribution in [0, 0.1) is 0 Å². The second-order valence-corrected chi connectivity index (χ2v) is 15.5. The van der Waals surface area contributed by atoms with E-state index in [4.69, 9.17) is 19.3 Å². The van der Waals surface area contributed by atoms with Crippen LogP contribution in [-0.4, -0.2) is 41.0 Å². The molecular formula is C44H79O8P. The molecule has 0 aromatic carbocycles. The van der Waals surface area contributed by atoms with Gasteiger partial charge in [-0.05, 0) is 51.4 Å². The van der Waals surface area contributed by atoms with E-state index in [1.54, 1.807) is 0 Å². The van der Waals surface area contributed by atoms with Crippen LogP contribution in [-0.2, 0) is 28.2 Å². The van der Waals surface area contributed by atoms with Crippen molar-refractivity contribution in [2.75, 3.05) is 13.2 Å². The quantitative estimate of drug-likeness (QED) is 0.0275. The van der Waals surface area contributed by atoms with Crippen molar-refractivity contribution in [3.05, 3.63) is 48.6 Å². The standard InChI is InChI=1S/C44H79O8P/c1-3-5-7-9-11-13-15-17-19-20-21-22-23-24-25-27-29-31-33-35-37-39-44(46)52-42(41-51-53(47,48)49)40-50-43(45)38-36-34-32-30-28-26-18-16-14-12-10-8-6-4-2/h5,7,11,13,17,19,21-22,42H,3-4,6,8-10,12,14-16,18,20,23-41H2,1-2H3,(H2,47,48,49)/b7-5-,13-11-,19-17-,22-21-. The highest BCUT2D eigenvalue weighted by atomic mass is 31.2. The molecule has 0 bridgehead atoms. The Hall–Kier alpha value is -1.99. The van der Waals surface area contributed by atoms with Crippen molar-refractivity contribution >= 4 is 19.8 Å². The maximum atomic E-state index is 12.4. The zero-order valence-electron chi connectivity index (χ0n) is 33.9. The zero-order chi connectivity index (χ0) is 38.9. The number of rotatable bonds is 39. The fourth-order valence-electron chi connectivity index (χ4n) is 5.95. The Kier molecular flexibility index (Phi) is 38.2. The van der Waals surface area contributed by atoms with Crippen LogP contribution in [0.5, 0.6) is 0 Å². The van der Waals surface area contributed by atoms with Crippen LogP contribution in [0.2, 0.25) is 0 Å². The summed E-state index contributed by atoms with van der Waals surface area (Å²) in [6.07, 6.45) is 48.3. The molecule has 1 unspecified atom stereocenters. The monoisotopic (exact) mass is 767 g/mol. The molecule has 0 spiro atoms. The molecule has 9 heteroatoms. The third-order valence-corrected chi connectivity index (χ3v) is 9.60. The maximum absolute atomic E-state index is 12.4. The summed E-state index contributed by atoms with van der Waals surface area (Å²) in [7, 11) is -4.76. The normalized spacial score (nSPS) is 12.9. The first kappa shape index (κ1) is 51.0. The third kappa shape index (κ3) is 42.6. The topological polar surface area (TPSA) is 119 Å². The van der Waals surface area contributed by atoms with E-state index in [9.17, 15) is 14.2 Å². The van der Waals surface area contributed by atoms with E-state index in [1.807, 2.05) is 0 Å². The zero-order valence-corrected chi connectivity index (χ0v) is 34.8. The first-order valence-electron chi connectivity index (χ1n) is 21.4. The Labute approximate surface area is 324 Å². The molecule has 0 aliphatic heterocycles. The largest absolute Gasteiger partial charge is 0.469 e. The molecule has 0 fully saturated rings. The summed E-state index contributed by atoms with van der Waals surface area (Å²) in [4.78, 5) is 42.9. The van der Waals surface area contributed by atoms with Crippen molar-refractivity contribution in [3.63, 3.8) is 0 Å². The molecule has 0 saturated heterocycles. The minimum atomic E-state index is -4.76. The van der Waals surface area contributed by atoms with Gasteiger partial charge in [-0.1, -0.05) is 184 Å². The number of carbonyl (C=O) groups excluding carboxylic acids is 2. The van der Waals surface area contributed by atoms with Gasteiger partial charge in [0, 0.05) is 12.8 Å². The van der Waals surface area contributed by atoms with Crippen molar-refractivity contribution in [1.29, 1.82) is 0 Å². The number of carbonyl (C=O) groups is 2. The third-order valence-electron chi connectivity index (χ3n) is 9.11. The molecule has 0 saturated carbocycles. The Bertz CT molecular complexity index is 999.